The molecule has 2 fully saturated rings. The SMILES string of the molecule is O=C(CCc1ccc(F)cc1)Nc1cc(S(=O)(=O)N2CCOCC2)ccc1N1CCCC1. The molecule has 2 aromatic carbocycles. The highest BCUT2D eigenvalue weighted by Gasteiger charge is 2.28. The van der Waals surface area contributed by atoms with Crippen LogP contribution >= 0.6 is 0 Å². The largest absolute Gasteiger partial charge is 0.379 e. The number of benzene rings is 2. The van der Waals surface area contributed by atoms with E-state index in [-0.39, 0.29) is 23.0 Å². The molecule has 2 aliphatic heterocycles. The molecule has 0 radical (unpaired) electrons. The first-order chi connectivity index (χ1) is 15.4. The van der Waals surface area contributed by atoms with Gasteiger partial charge < -0.3 is 15.0 Å². The number of nitrogens with zero attached hydrogens (tertiary/aromatic N) is 2. The van der Waals surface area contributed by atoms with Crippen LogP contribution in [0.15, 0.2) is 47.4 Å². The Morgan fingerprint density at radius 3 is 2.38 bits per heavy atom. The molecule has 0 unspecified atom stereocenters. The molecule has 0 atom stereocenters. The van der Waals surface area contributed by atoms with Crippen molar-refractivity contribution < 1.29 is 22.3 Å². The van der Waals surface area contributed by atoms with Crippen LogP contribution in [0.3, 0.4) is 0 Å². The predicted octanol–water partition coefficient (Wildman–Crippen LogP) is 3.02. The van der Waals surface area contributed by atoms with E-state index in [9.17, 15) is 17.6 Å². The predicted molar refractivity (Wildman–Crippen MR) is 121 cm³/mol. The third-order valence-corrected chi connectivity index (χ3v) is 7.75. The topological polar surface area (TPSA) is 79.0 Å². The first-order valence-corrected chi connectivity index (χ1v) is 12.4. The van der Waals surface area contributed by atoms with Crippen LogP contribution in [-0.4, -0.2) is 58.0 Å². The number of amides is 1. The van der Waals surface area contributed by atoms with Gasteiger partial charge in [-0.2, -0.15) is 4.31 Å². The lowest BCUT2D eigenvalue weighted by atomic mass is 10.1. The Morgan fingerprint density at radius 2 is 1.69 bits per heavy atom. The molecule has 9 heteroatoms. The van der Waals surface area contributed by atoms with Gasteiger partial charge in [0.1, 0.15) is 5.82 Å². The van der Waals surface area contributed by atoms with Crippen LogP contribution in [0.25, 0.3) is 0 Å². The number of sulfonamides is 1. The minimum atomic E-state index is -3.67. The Kier molecular flexibility index (Phi) is 7.07. The van der Waals surface area contributed by atoms with Crippen LogP contribution in [-0.2, 0) is 26.0 Å². The lowest BCUT2D eigenvalue weighted by Crippen LogP contribution is -2.40. The fraction of sp³-hybridized carbons (Fsp3) is 0.435. The van der Waals surface area contributed by atoms with Crippen molar-refractivity contribution >= 4 is 27.3 Å². The molecule has 0 bridgehead atoms. The average molecular weight is 462 g/mol. The molecule has 0 aliphatic carbocycles. The molecule has 0 saturated carbocycles. The Bertz CT molecular complexity index is 1050. The van der Waals surface area contributed by atoms with E-state index in [4.69, 9.17) is 4.74 Å². The summed E-state index contributed by atoms with van der Waals surface area (Å²) in [7, 11) is -3.67. The van der Waals surface area contributed by atoms with Crippen LogP contribution in [0.4, 0.5) is 15.8 Å². The molecular weight excluding hydrogens is 433 g/mol. The highest BCUT2D eigenvalue weighted by atomic mass is 32.2. The molecule has 2 aromatic rings. The van der Waals surface area contributed by atoms with E-state index in [0.717, 1.165) is 37.2 Å². The minimum Gasteiger partial charge on any atom is -0.379 e. The first-order valence-electron chi connectivity index (χ1n) is 10.9. The zero-order chi connectivity index (χ0) is 22.6. The molecule has 172 valence electrons. The monoisotopic (exact) mass is 461 g/mol. The molecule has 7 nitrogen and oxygen atoms in total. The van der Waals surface area contributed by atoms with Gasteiger partial charge in [-0.15, -0.1) is 0 Å². The van der Waals surface area contributed by atoms with Crippen LogP contribution in [0.2, 0.25) is 0 Å². The van der Waals surface area contributed by atoms with Gasteiger partial charge in [0, 0.05) is 32.6 Å². The fourth-order valence-corrected chi connectivity index (χ4v) is 5.50. The number of aryl methyl sites for hydroxylation is 1. The van der Waals surface area contributed by atoms with Gasteiger partial charge in [-0.1, -0.05) is 12.1 Å². The third-order valence-electron chi connectivity index (χ3n) is 5.85. The van der Waals surface area contributed by atoms with Gasteiger partial charge >= 0.3 is 0 Å². The molecule has 2 heterocycles. The summed E-state index contributed by atoms with van der Waals surface area (Å²) >= 11 is 0. The zero-order valence-corrected chi connectivity index (χ0v) is 18.7. The van der Waals surface area contributed by atoms with Gasteiger partial charge in [-0.05, 0) is 55.2 Å². The standard InChI is InChI=1S/C23H28FN3O4S/c24-19-6-3-18(4-7-19)5-10-23(28)25-21-17-20(8-9-22(21)26-11-1-2-12-26)32(29,30)27-13-15-31-16-14-27/h3-4,6-9,17H,1-2,5,10-16H2,(H,25,28). The van der Waals surface area contributed by atoms with Crippen molar-refractivity contribution in [3.8, 4) is 0 Å². The van der Waals surface area contributed by atoms with E-state index in [1.165, 1.54) is 16.4 Å². The number of halogens is 1. The summed E-state index contributed by atoms with van der Waals surface area (Å²) in [4.78, 5) is 15.0. The van der Waals surface area contributed by atoms with Gasteiger partial charge in [0.15, 0.2) is 0 Å². The van der Waals surface area contributed by atoms with Crippen molar-refractivity contribution in [3.63, 3.8) is 0 Å². The van der Waals surface area contributed by atoms with Gasteiger partial charge in [-0.3, -0.25) is 4.79 Å². The highest BCUT2D eigenvalue weighted by Crippen LogP contribution is 2.32. The Balaban J connectivity index is 1.54. The lowest BCUT2D eigenvalue weighted by Gasteiger charge is -2.27. The van der Waals surface area contributed by atoms with E-state index in [2.05, 4.69) is 10.2 Å². The van der Waals surface area contributed by atoms with Crippen molar-refractivity contribution in [2.45, 2.75) is 30.6 Å². The number of morpholine rings is 1. The quantitative estimate of drug-likeness (QED) is 0.686. The lowest BCUT2D eigenvalue weighted by molar-refractivity contribution is -0.116. The summed E-state index contributed by atoms with van der Waals surface area (Å²) in [5.74, 6) is -0.526. The summed E-state index contributed by atoms with van der Waals surface area (Å²) < 4.78 is 46.0. The summed E-state index contributed by atoms with van der Waals surface area (Å²) in [5.41, 5.74) is 2.20. The molecule has 0 spiro atoms. The normalized spacial score (nSPS) is 17.5. The second-order valence-corrected chi connectivity index (χ2v) is 10.0. The number of hydrogen-bond acceptors (Lipinski definition) is 5. The summed E-state index contributed by atoms with van der Waals surface area (Å²) in [6, 6.07) is 11.0. The van der Waals surface area contributed by atoms with Crippen molar-refractivity contribution in [1.29, 1.82) is 0 Å². The van der Waals surface area contributed by atoms with Gasteiger partial charge in [-0.25, -0.2) is 12.8 Å². The Hall–Kier alpha value is -2.49. The van der Waals surface area contributed by atoms with Crippen molar-refractivity contribution in [3.05, 3.63) is 53.8 Å². The molecule has 1 amide bonds. The molecule has 32 heavy (non-hydrogen) atoms. The fourth-order valence-electron chi connectivity index (χ4n) is 4.07. The van der Waals surface area contributed by atoms with Crippen molar-refractivity contribution in [2.75, 3.05) is 49.6 Å². The number of carbonyl (C=O) groups excluding carboxylic acids is 1. The van der Waals surface area contributed by atoms with E-state index in [1.807, 2.05) is 0 Å². The first kappa shape index (κ1) is 22.7. The second kappa shape index (κ2) is 9.97. The van der Waals surface area contributed by atoms with Crippen LogP contribution in [0.5, 0.6) is 0 Å². The van der Waals surface area contributed by atoms with Crippen molar-refractivity contribution in [1.82, 2.24) is 4.31 Å². The summed E-state index contributed by atoms with van der Waals surface area (Å²) in [5, 5.41) is 2.92. The maximum absolute atomic E-state index is 13.1. The molecular formula is C23H28FN3O4S. The van der Waals surface area contributed by atoms with Gasteiger partial charge in [0.2, 0.25) is 15.9 Å². The maximum atomic E-state index is 13.1. The summed E-state index contributed by atoms with van der Waals surface area (Å²) in [6.45, 7) is 3.11. The third kappa shape index (κ3) is 5.28. The summed E-state index contributed by atoms with van der Waals surface area (Å²) in [6.07, 6.45) is 2.81. The van der Waals surface area contributed by atoms with E-state index < -0.39 is 10.0 Å². The molecule has 4 rings (SSSR count). The smallest absolute Gasteiger partial charge is 0.243 e. The zero-order valence-electron chi connectivity index (χ0n) is 17.9. The minimum absolute atomic E-state index is 0.163. The number of rotatable bonds is 7. The maximum Gasteiger partial charge on any atom is 0.243 e. The van der Waals surface area contributed by atoms with Gasteiger partial charge in [0.25, 0.3) is 0 Å². The number of hydrogen-bond donors (Lipinski definition) is 1. The Morgan fingerprint density at radius 1 is 1.00 bits per heavy atom. The molecule has 1 N–H and O–H groups in total. The molecule has 2 saturated heterocycles. The van der Waals surface area contributed by atoms with Crippen LogP contribution in [0, 0.1) is 5.82 Å². The van der Waals surface area contributed by atoms with Crippen LogP contribution in [0.1, 0.15) is 24.8 Å². The Labute approximate surface area is 188 Å². The average Bonchev–Trinajstić information content (AvgIpc) is 3.34. The number of anilines is 2. The number of ether oxygens (including phenoxy) is 1. The number of carbonyl (C=O) groups is 1. The highest BCUT2D eigenvalue weighted by molar-refractivity contribution is 7.89. The van der Waals surface area contributed by atoms with Crippen LogP contribution < -0.4 is 10.2 Å². The van der Waals surface area contributed by atoms with E-state index >= 15 is 0 Å². The molecule has 0 aromatic heterocycles. The van der Waals surface area contributed by atoms with E-state index in [1.54, 1.807) is 30.3 Å². The van der Waals surface area contributed by atoms with Crippen molar-refractivity contribution in [2.24, 2.45) is 0 Å². The second-order valence-electron chi connectivity index (χ2n) is 8.06. The number of nitrogens with one attached hydrogen (secondary N) is 1. The molecule has 2 aliphatic rings. The van der Waals surface area contributed by atoms with Gasteiger partial charge in [0.05, 0.1) is 29.5 Å². The van der Waals surface area contributed by atoms with E-state index in [0.29, 0.717) is 38.4 Å².